The van der Waals surface area contributed by atoms with Gasteiger partial charge in [-0.3, -0.25) is 4.79 Å². The van der Waals surface area contributed by atoms with E-state index in [4.69, 9.17) is 28.3 Å². The second-order valence-corrected chi connectivity index (χ2v) is 8.04. The number of benzene rings is 2. The predicted octanol–water partition coefficient (Wildman–Crippen LogP) is 4.20. The van der Waals surface area contributed by atoms with Crippen LogP contribution in [0, 0.1) is 0 Å². The Kier molecular flexibility index (Phi) is 4.77. The fraction of sp³-hybridized carbons (Fsp3) is 0.118. The smallest absolute Gasteiger partial charge is 0.303 e. The summed E-state index contributed by atoms with van der Waals surface area (Å²) < 4.78 is 27.4. The van der Waals surface area contributed by atoms with Crippen LogP contribution in [0.2, 0.25) is 10.0 Å². The van der Waals surface area contributed by atoms with E-state index in [1.807, 2.05) is 0 Å². The van der Waals surface area contributed by atoms with Gasteiger partial charge in [-0.15, -0.1) is 0 Å². The van der Waals surface area contributed by atoms with E-state index in [1.54, 1.807) is 30.3 Å². The van der Waals surface area contributed by atoms with Gasteiger partial charge >= 0.3 is 5.97 Å². The van der Waals surface area contributed by atoms with Gasteiger partial charge in [0.2, 0.25) is 0 Å². The van der Waals surface area contributed by atoms with Gasteiger partial charge < -0.3 is 5.11 Å². The lowest BCUT2D eigenvalue weighted by molar-refractivity contribution is -0.136. The number of nitrogens with zero attached hydrogens (tertiary/aromatic N) is 1. The van der Waals surface area contributed by atoms with Crippen LogP contribution >= 0.6 is 23.2 Å². The van der Waals surface area contributed by atoms with E-state index >= 15 is 0 Å². The molecular weight excluding hydrogens is 385 g/mol. The van der Waals surface area contributed by atoms with Crippen molar-refractivity contribution in [3.8, 4) is 0 Å². The minimum atomic E-state index is -3.91. The summed E-state index contributed by atoms with van der Waals surface area (Å²) in [5, 5.41) is 10.0. The number of halogens is 2. The third kappa shape index (κ3) is 3.38. The molecule has 2 aromatic carbocycles. The van der Waals surface area contributed by atoms with Crippen molar-refractivity contribution in [2.24, 2.45) is 0 Å². The maximum Gasteiger partial charge on any atom is 0.303 e. The van der Waals surface area contributed by atoms with E-state index in [-0.39, 0.29) is 22.8 Å². The highest BCUT2D eigenvalue weighted by Gasteiger charge is 2.23. The quantitative estimate of drug-likeness (QED) is 0.699. The molecule has 1 N–H and O–H groups in total. The molecule has 0 saturated heterocycles. The Hall–Kier alpha value is -2.02. The number of aromatic nitrogens is 1. The van der Waals surface area contributed by atoms with E-state index in [0.29, 0.717) is 21.6 Å². The number of carboxylic acid groups (broad SMARTS) is 1. The van der Waals surface area contributed by atoms with Crippen LogP contribution in [0.15, 0.2) is 53.4 Å². The lowest BCUT2D eigenvalue weighted by Gasteiger charge is -2.12. The Bertz CT molecular complexity index is 1060. The molecule has 0 atom stereocenters. The summed E-state index contributed by atoms with van der Waals surface area (Å²) in [4.78, 5) is 11.0. The van der Waals surface area contributed by atoms with Gasteiger partial charge in [-0.25, -0.2) is 12.4 Å². The molecule has 0 spiro atoms. The molecule has 130 valence electrons. The van der Waals surface area contributed by atoms with Crippen molar-refractivity contribution in [3.63, 3.8) is 0 Å². The molecule has 0 aliphatic rings. The van der Waals surface area contributed by atoms with E-state index in [0.717, 1.165) is 3.97 Å². The van der Waals surface area contributed by atoms with Gasteiger partial charge in [0.25, 0.3) is 10.0 Å². The van der Waals surface area contributed by atoms with Crippen molar-refractivity contribution in [1.29, 1.82) is 0 Å². The van der Waals surface area contributed by atoms with Crippen molar-refractivity contribution in [2.45, 2.75) is 17.7 Å². The first-order valence-electron chi connectivity index (χ1n) is 7.32. The summed E-state index contributed by atoms with van der Waals surface area (Å²) in [6, 6.07) is 12.6. The molecule has 8 heteroatoms. The minimum Gasteiger partial charge on any atom is -0.481 e. The average molecular weight is 398 g/mol. The summed E-state index contributed by atoms with van der Waals surface area (Å²) >= 11 is 12.1. The minimum absolute atomic E-state index is 0.0608. The largest absolute Gasteiger partial charge is 0.481 e. The lowest BCUT2D eigenvalue weighted by Crippen LogP contribution is -2.16. The van der Waals surface area contributed by atoms with Crippen LogP contribution in [0.25, 0.3) is 10.9 Å². The number of rotatable bonds is 5. The van der Waals surface area contributed by atoms with Crippen LogP contribution in [0.1, 0.15) is 12.1 Å². The fourth-order valence-electron chi connectivity index (χ4n) is 2.63. The van der Waals surface area contributed by atoms with Gasteiger partial charge in [-0.2, -0.15) is 0 Å². The first kappa shape index (κ1) is 17.8. The summed E-state index contributed by atoms with van der Waals surface area (Å²) in [6.07, 6.45) is -0.132. The number of fused-ring (bicyclic) bond motifs is 1. The second kappa shape index (κ2) is 6.71. The van der Waals surface area contributed by atoms with E-state index in [1.165, 1.54) is 18.2 Å². The van der Waals surface area contributed by atoms with Gasteiger partial charge in [0.1, 0.15) is 0 Å². The van der Waals surface area contributed by atoms with Crippen molar-refractivity contribution >= 4 is 50.1 Å². The highest BCUT2D eigenvalue weighted by molar-refractivity contribution is 7.90. The molecule has 1 aromatic heterocycles. The zero-order chi connectivity index (χ0) is 18.2. The third-order valence-corrected chi connectivity index (χ3v) is 6.25. The highest BCUT2D eigenvalue weighted by Crippen LogP contribution is 2.32. The Morgan fingerprint density at radius 3 is 2.32 bits per heavy atom. The predicted molar refractivity (Wildman–Crippen MR) is 96.9 cm³/mol. The number of aryl methyl sites for hydroxylation is 1. The molecule has 0 unspecified atom stereocenters. The topological polar surface area (TPSA) is 76.4 Å². The number of hydrogen-bond acceptors (Lipinski definition) is 3. The molecule has 0 aliphatic heterocycles. The van der Waals surface area contributed by atoms with Crippen molar-refractivity contribution < 1.29 is 18.3 Å². The van der Waals surface area contributed by atoms with Gasteiger partial charge in [0.05, 0.1) is 26.9 Å². The highest BCUT2D eigenvalue weighted by atomic mass is 35.5. The number of carboxylic acids is 1. The monoisotopic (exact) mass is 397 g/mol. The Morgan fingerprint density at radius 2 is 1.68 bits per heavy atom. The molecule has 0 aliphatic carbocycles. The van der Waals surface area contributed by atoms with Crippen molar-refractivity contribution in [1.82, 2.24) is 3.97 Å². The van der Waals surface area contributed by atoms with Crippen molar-refractivity contribution in [2.75, 3.05) is 0 Å². The molecule has 5 nitrogen and oxygen atoms in total. The normalized spacial score (nSPS) is 11.8. The SMILES string of the molecule is O=C(O)CCc1cc2cc(Cl)c(Cl)cc2n1S(=O)(=O)c1ccccc1. The van der Waals surface area contributed by atoms with Crippen LogP contribution < -0.4 is 0 Å². The maximum atomic E-state index is 13.1. The van der Waals surface area contributed by atoms with Gasteiger partial charge in [-0.05, 0) is 36.8 Å². The molecule has 25 heavy (non-hydrogen) atoms. The van der Waals surface area contributed by atoms with Gasteiger partial charge in [0.15, 0.2) is 0 Å². The second-order valence-electron chi connectivity index (χ2n) is 5.44. The van der Waals surface area contributed by atoms with E-state index < -0.39 is 16.0 Å². The average Bonchev–Trinajstić information content (AvgIpc) is 2.92. The Labute approximate surface area is 154 Å². The standard InChI is InChI=1S/C17H13Cl2NO4S/c18-14-9-11-8-12(6-7-17(21)22)20(16(11)10-15(14)19)25(23,24)13-4-2-1-3-5-13/h1-5,8-10H,6-7H2,(H,21,22). The molecule has 3 rings (SSSR count). The molecule has 0 fully saturated rings. The van der Waals surface area contributed by atoms with Gasteiger partial charge in [-0.1, -0.05) is 41.4 Å². The van der Waals surface area contributed by atoms with E-state index in [2.05, 4.69) is 0 Å². The number of aliphatic carboxylic acids is 1. The zero-order valence-electron chi connectivity index (χ0n) is 12.8. The van der Waals surface area contributed by atoms with E-state index in [9.17, 15) is 13.2 Å². The summed E-state index contributed by atoms with van der Waals surface area (Å²) in [6.45, 7) is 0. The van der Waals surface area contributed by atoms with Crippen molar-refractivity contribution in [3.05, 3.63) is 64.3 Å². The maximum absolute atomic E-state index is 13.1. The van der Waals surface area contributed by atoms with Crippen LogP contribution in [0.4, 0.5) is 0 Å². The fourth-order valence-corrected chi connectivity index (χ4v) is 4.54. The summed E-state index contributed by atoms with van der Waals surface area (Å²) in [7, 11) is -3.91. The molecule has 0 bridgehead atoms. The third-order valence-electron chi connectivity index (χ3n) is 3.75. The first-order chi connectivity index (χ1) is 11.8. The molecular formula is C17H13Cl2NO4S. The molecule has 3 aromatic rings. The summed E-state index contributed by atoms with van der Waals surface area (Å²) in [5.74, 6) is -1.01. The molecule has 0 saturated carbocycles. The molecule has 0 amide bonds. The van der Waals surface area contributed by atoms with Gasteiger partial charge in [0, 0.05) is 11.1 Å². The van der Waals surface area contributed by atoms with Crippen LogP contribution in [0.5, 0.6) is 0 Å². The summed E-state index contributed by atoms with van der Waals surface area (Å²) in [5.41, 5.74) is 0.721. The first-order valence-corrected chi connectivity index (χ1v) is 9.52. The van der Waals surface area contributed by atoms with Crippen LogP contribution in [-0.4, -0.2) is 23.5 Å². The van der Waals surface area contributed by atoms with Crippen LogP contribution in [0.3, 0.4) is 0 Å². The molecule has 1 heterocycles. The molecule has 0 radical (unpaired) electrons. The lowest BCUT2D eigenvalue weighted by atomic mass is 10.2. The number of hydrogen-bond donors (Lipinski definition) is 1. The zero-order valence-corrected chi connectivity index (χ0v) is 15.1. The number of carbonyl (C=O) groups is 1. The Morgan fingerprint density at radius 1 is 1.04 bits per heavy atom. The Balaban J connectivity index is 2.28. The van der Waals surface area contributed by atoms with Crippen LogP contribution in [-0.2, 0) is 21.2 Å².